The number of nitrogens with one attached hydrogen (secondary N) is 1. The van der Waals surface area contributed by atoms with E-state index in [4.69, 9.17) is 5.73 Å². The summed E-state index contributed by atoms with van der Waals surface area (Å²) in [6.45, 7) is 0.234. The number of sulfonamides is 1. The van der Waals surface area contributed by atoms with Gasteiger partial charge in [-0.25, -0.2) is 13.1 Å². The molecular formula is C13H19BrClN3O4S. The maximum atomic E-state index is 12.4. The van der Waals surface area contributed by atoms with Gasteiger partial charge in [0.15, 0.2) is 0 Å². The van der Waals surface area contributed by atoms with Crippen LogP contribution in [0.5, 0.6) is 0 Å². The number of nitro groups is 1. The predicted octanol–water partition coefficient (Wildman–Crippen LogP) is 2.57. The first-order valence-corrected chi connectivity index (χ1v) is 9.29. The fourth-order valence-corrected chi connectivity index (χ4v) is 4.79. The van der Waals surface area contributed by atoms with Crippen LogP contribution in [0.1, 0.15) is 25.7 Å². The lowest BCUT2D eigenvalue weighted by Crippen LogP contribution is -2.44. The van der Waals surface area contributed by atoms with E-state index in [0.717, 1.165) is 25.7 Å². The molecule has 0 heterocycles. The smallest absolute Gasteiger partial charge is 0.283 e. The zero-order valence-corrected chi connectivity index (χ0v) is 15.5. The highest BCUT2D eigenvalue weighted by Gasteiger charge is 2.29. The first-order valence-electron chi connectivity index (χ1n) is 7.01. The predicted molar refractivity (Wildman–Crippen MR) is 93.2 cm³/mol. The number of rotatable bonds is 6. The third-order valence-electron chi connectivity index (χ3n) is 3.96. The van der Waals surface area contributed by atoms with Crippen molar-refractivity contribution in [2.24, 2.45) is 11.7 Å². The Kier molecular flexibility index (Phi) is 7.40. The summed E-state index contributed by atoms with van der Waals surface area (Å²) in [4.78, 5) is 10.2. The Bertz CT molecular complexity index is 665. The monoisotopic (exact) mass is 427 g/mol. The molecule has 1 aromatic carbocycles. The van der Waals surface area contributed by atoms with E-state index in [-0.39, 0.29) is 46.0 Å². The standard InChI is InChI=1S/C13H18BrN3O4S.ClH/c14-11-7-10(5-6-13(11)17(18)19)22(20,21)16-12(8-15)9-3-1-2-4-9;/h5-7,9,12,16H,1-4,8,15H2;1H. The van der Waals surface area contributed by atoms with Crippen molar-refractivity contribution in [3.63, 3.8) is 0 Å². The molecule has 2 rings (SSSR count). The number of hydrogen-bond acceptors (Lipinski definition) is 5. The van der Waals surface area contributed by atoms with Crippen LogP contribution in [0, 0.1) is 16.0 Å². The van der Waals surface area contributed by atoms with Crippen LogP contribution >= 0.6 is 28.3 Å². The largest absolute Gasteiger partial charge is 0.329 e. The third-order valence-corrected chi connectivity index (χ3v) is 6.08. The van der Waals surface area contributed by atoms with E-state index in [1.165, 1.54) is 18.2 Å². The maximum Gasteiger partial charge on any atom is 0.283 e. The summed E-state index contributed by atoms with van der Waals surface area (Å²) < 4.78 is 27.6. The number of hydrogen-bond donors (Lipinski definition) is 2. The van der Waals surface area contributed by atoms with Crippen molar-refractivity contribution >= 4 is 44.0 Å². The van der Waals surface area contributed by atoms with E-state index in [9.17, 15) is 18.5 Å². The van der Waals surface area contributed by atoms with E-state index >= 15 is 0 Å². The molecule has 0 radical (unpaired) electrons. The van der Waals surface area contributed by atoms with E-state index in [1.54, 1.807) is 0 Å². The lowest BCUT2D eigenvalue weighted by Gasteiger charge is -2.23. The van der Waals surface area contributed by atoms with Crippen LogP contribution in [0.4, 0.5) is 5.69 Å². The summed E-state index contributed by atoms with van der Waals surface area (Å²) in [7, 11) is -3.76. The summed E-state index contributed by atoms with van der Waals surface area (Å²) in [6.07, 6.45) is 4.11. The summed E-state index contributed by atoms with van der Waals surface area (Å²) in [5, 5.41) is 10.8. The van der Waals surface area contributed by atoms with Crippen LogP contribution in [0.15, 0.2) is 27.6 Å². The third kappa shape index (κ3) is 4.87. The fraction of sp³-hybridized carbons (Fsp3) is 0.538. The van der Waals surface area contributed by atoms with Gasteiger partial charge in [-0.1, -0.05) is 12.8 Å². The molecule has 1 atom stereocenters. The van der Waals surface area contributed by atoms with E-state index in [1.807, 2.05) is 0 Å². The Morgan fingerprint density at radius 3 is 2.48 bits per heavy atom. The second-order valence-corrected chi connectivity index (χ2v) is 7.95. The lowest BCUT2D eigenvalue weighted by atomic mass is 9.99. The SMILES string of the molecule is Cl.NCC(NS(=O)(=O)c1ccc([N+](=O)[O-])c(Br)c1)C1CCCC1. The fourth-order valence-electron chi connectivity index (χ4n) is 2.77. The summed E-state index contributed by atoms with van der Waals surface area (Å²) in [5.41, 5.74) is 5.53. The molecule has 0 saturated heterocycles. The molecule has 10 heteroatoms. The highest BCUT2D eigenvalue weighted by atomic mass is 79.9. The van der Waals surface area contributed by atoms with Crippen LogP contribution in [-0.4, -0.2) is 25.9 Å². The van der Waals surface area contributed by atoms with Crippen molar-refractivity contribution in [2.45, 2.75) is 36.6 Å². The van der Waals surface area contributed by atoms with Crippen LogP contribution in [0.25, 0.3) is 0 Å². The van der Waals surface area contributed by atoms with Gasteiger partial charge in [0.05, 0.1) is 14.3 Å². The van der Waals surface area contributed by atoms with Crippen molar-refractivity contribution < 1.29 is 13.3 Å². The Morgan fingerprint density at radius 1 is 1.39 bits per heavy atom. The molecule has 1 unspecified atom stereocenters. The normalized spacial score (nSPS) is 16.8. The molecule has 0 aliphatic heterocycles. The van der Waals surface area contributed by atoms with Gasteiger partial charge < -0.3 is 5.73 Å². The van der Waals surface area contributed by atoms with Gasteiger partial charge in [0, 0.05) is 18.7 Å². The molecule has 1 saturated carbocycles. The molecule has 1 fully saturated rings. The minimum atomic E-state index is -3.76. The van der Waals surface area contributed by atoms with E-state index < -0.39 is 14.9 Å². The molecule has 7 nitrogen and oxygen atoms in total. The van der Waals surface area contributed by atoms with E-state index in [0.29, 0.717) is 0 Å². The van der Waals surface area contributed by atoms with Gasteiger partial charge in [-0.05, 0) is 46.8 Å². The first kappa shape index (κ1) is 20.3. The summed E-state index contributed by atoms with van der Waals surface area (Å²) >= 11 is 3.03. The van der Waals surface area contributed by atoms with Crippen molar-refractivity contribution in [1.29, 1.82) is 0 Å². The minimum Gasteiger partial charge on any atom is -0.329 e. The highest BCUT2D eigenvalue weighted by Crippen LogP contribution is 2.30. The molecule has 3 N–H and O–H groups in total. The summed E-state index contributed by atoms with van der Waals surface area (Å²) in [5.74, 6) is 0.251. The number of nitrogens with zero attached hydrogens (tertiary/aromatic N) is 1. The zero-order chi connectivity index (χ0) is 16.3. The van der Waals surface area contributed by atoms with Gasteiger partial charge in [-0.3, -0.25) is 10.1 Å². The Labute approximate surface area is 149 Å². The van der Waals surface area contributed by atoms with Gasteiger partial charge in [0.25, 0.3) is 5.69 Å². The van der Waals surface area contributed by atoms with Crippen LogP contribution in [-0.2, 0) is 10.0 Å². The van der Waals surface area contributed by atoms with Gasteiger partial charge in [-0.2, -0.15) is 0 Å². The Balaban J connectivity index is 0.00000264. The van der Waals surface area contributed by atoms with Crippen molar-refractivity contribution in [3.8, 4) is 0 Å². The van der Waals surface area contributed by atoms with Gasteiger partial charge in [-0.15, -0.1) is 12.4 Å². The van der Waals surface area contributed by atoms with Crippen molar-refractivity contribution in [2.75, 3.05) is 6.54 Å². The van der Waals surface area contributed by atoms with Crippen LogP contribution in [0.2, 0.25) is 0 Å². The second kappa shape index (κ2) is 8.39. The van der Waals surface area contributed by atoms with Crippen molar-refractivity contribution in [3.05, 3.63) is 32.8 Å². The number of halogens is 2. The molecule has 0 spiro atoms. The molecule has 0 bridgehead atoms. The van der Waals surface area contributed by atoms with Crippen LogP contribution in [0.3, 0.4) is 0 Å². The van der Waals surface area contributed by atoms with E-state index in [2.05, 4.69) is 20.7 Å². The number of benzene rings is 1. The average Bonchev–Trinajstić information content (AvgIpc) is 2.98. The molecule has 130 valence electrons. The van der Waals surface area contributed by atoms with Crippen LogP contribution < -0.4 is 10.5 Å². The van der Waals surface area contributed by atoms with Gasteiger partial charge in [0.2, 0.25) is 10.0 Å². The molecule has 23 heavy (non-hydrogen) atoms. The zero-order valence-electron chi connectivity index (χ0n) is 12.3. The Morgan fingerprint density at radius 2 is 2.00 bits per heavy atom. The lowest BCUT2D eigenvalue weighted by molar-refractivity contribution is -0.385. The van der Waals surface area contributed by atoms with Crippen molar-refractivity contribution in [1.82, 2.24) is 4.72 Å². The highest BCUT2D eigenvalue weighted by molar-refractivity contribution is 9.10. The first-order chi connectivity index (χ1) is 10.3. The number of nitrogens with two attached hydrogens (primary N) is 1. The molecule has 1 aliphatic carbocycles. The molecule has 0 aromatic heterocycles. The van der Waals surface area contributed by atoms with Gasteiger partial charge in [0.1, 0.15) is 0 Å². The Hall–Kier alpha value is -0.740. The molecule has 1 aromatic rings. The average molecular weight is 429 g/mol. The second-order valence-electron chi connectivity index (χ2n) is 5.38. The minimum absolute atomic E-state index is 0. The summed E-state index contributed by atoms with van der Waals surface area (Å²) in [6, 6.07) is 3.34. The van der Waals surface area contributed by atoms with Gasteiger partial charge >= 0.3 is 0 Å². The molecular weight excluding hydrogens is 410 g/mol. The molecule has 0 amide bonds. The number of nitro benzene ring substituents is 1. The topological polar surface area (TPSA) is 115 Å². The quantitative estimate of drug-likeness (QED) is 0.533. The maximum absolute atomic E-state index is 12.4. The molecule has 1 aliphatic rings.